The summed E-state index contributed by atoms with van der Waals surface area (Å²) in [4.78, 5) is 18.6. The minimum absolute atomic E-state index is 0.377. The van der Waals surface area contributed by atoms with Gasteiger partial charge in [0.25, 0.3) is 0 Å². The average Bonchev–Trinajstić information content (AvgIpc) is 3.15. The fourth-order valence-electron chi connectivity index (χ4n) is 4.08. The number of aromatic nitrogens is 2. The number of fused-ring (bicyclic) bond motifs is 1. The molecule has 1 aromatic carbocycles. The molecule has 32 heavy (non-hydrogen) atoms. The molecule has 2 N–H and O–H groups in total. The van der Waals surface area contributed by atoms with Crippen molar-refractivity contribution in [2.24, 2.45) is 0 Å². The van der Waals surface area contributed by atoms with Crippen LogP contribution in [0.25, 0.3) is 10.9 Å². The quantitative estimate of drug-likeness (QED) is 0.458. The van der Waals surface area contributed by atoms with Crippen molar-refractivity contribution in [3.05, 3.63) is 59.0 Å². The monoisotopic (exact) mass is 449 g/mol. The van der Waals surface area contributed by atoms with Gasteiger partial charge in [0.2, 0.25) is 0 Å². The van der Waals surface area contributed by atoms with E-state index in [0.29, 0.717) is 16.9 Å². The number of carbonyl (C=O) groups excluding carboxylic acids is 1. The van der Waals surface area contributed by atoms with E-state index in [0.717, 1.165) is 42.8 Å². The fraction of sp³-hybridized carbons (Fsp3) is 0.360. The third-order valence-electron chi connectivity index (χ3n) is 5.88. The van der Waals surface area contributed by atoms with Gasteiger partial charge in [0, 0.05) is 36.0 Å². The lowest BCUT2D eigenvalue weighted by Gasteiger charge is -2.29. The summed E-state index contributed by atoms with van der Waals surface area (Å²) >= 11 is 5.78. The van der Waals surface area contributed by atoms with Crippen LogP contribution in [0, 0.1) is 11.8 Å². The summed E-state index contributed by atoms with van der Waals surface area (Å²) < 4.78 is 2.13. The van der Waals surface area contributed by atoms with Crippen LogP contribution in [0.3, 0.4) is 0 Å². The van der Waals surface area contributed by atoms with Crippen LogP contribution in [-0.4, -0.2) is 46.5 Å². The molecular formula is C25H28ClN5O. The van der Waals surface area contributed by atoms with Gasteiger partial charge in [-0.3, -0.25) is 4.79 Å². The minimum Gasteiger partial charge on any atom is -0.334 e. The lowest BCUT2D eigenvalue weighted by atomic mass is 10.0. The van der Waals surface area contributed by atoms with Gasteiger partial charge in [-0.15, -0.1) is 0 Å². The highest BCUT2D eigenvalue weighted by atomic mass is 35.5. The van der Waals surface area contributed by atoms with Gasteiger partial charge in [0.1, 0.15) is 5.15 Å². The summed E-state index contributed by atoms with van der Waals surface area (Å²) in [5.41, 5.74) is 3.78. The second-order valence-corrected chi connectivity index (χ2v) is 8.59. The largest absolute Gasteiger partial charge is 0.334 e. The molecule has 7 heteroatoms. The van der Waals surface area contributed by atoms with E-state index in [1.807, 2.05) is 0 Å². The van der Waals surface area contributed by atoms with E-state index in [1.165, 1.54) is 24.6 Å². The minimum atomic E-state index is -0.384. The number of nitrogens with one attached hydrogen (secondary N) is 2. The number of rotatable bonds is 5. The molecule has 0 spiro atoms. The Bertz CT molecular complexity index is 1150. The molecule has 0 unspecified atom stereocenters. The first-order valence-corrected chi connectivity index (χ1v) is 11.4. The van der Waals surface area contributed by atoms with Crippen molar-refractivity contribution in [2.45, 2.75) is 38.9 Å². The summed E-state index contributed by atoms with van der Waals surface area (Å²) in [5.74, 6) is 5.33. The standard InChI is InChI=1S/C25H28ClN5O/c1-3-31-22(6-9-25(32)29-21-5-8-24(26)28-17-21)15-19-14-18(4-7-23(19)31)16-27-20-10-12-30(2)13-11-20/h4-5,7-8,14-15,17,20,27H,3,10-13,16H2,1-2H3,(H,29,32). The number of likely N-dealkylation sites (tertiary alicyclic amines) is 1. The lowest BCUT2D eigenvalue weighted by Crippen LogP contribution is -2.40. The number of carbonyl (C=O) groups is 1. The Balaban J connectivity index is 1.46. The predicted octanol–water partition coefficient (Wildman–Crippen LogP) is 3.88. The van der Waals surface area contributed by atoms with Crippen molar-refractivity contribution in [1.29, 1.82) is 0 Å². The van der Waals surface area contributed by atoms with Gasteiger partial charge < -0.3 is 20.1 Å². The van der Waals surface area contributed by atoms with E-state index in [1.54, 1.807) is 12.1 Å². The molecule has 3 heterocycles. The molecular weight excluding hydrogens is 422 g/mol. The summed E-state index contributed by atoms with van der Waals surface area (Å²) in [7, 11) is 2.18. The lowest BCUT2D eigenvalue weighted by molar-refractivity contribution is -0.111. The normalized spacial score (nSPS) is 14.8. The Morgan fingerprint density at radius 2 is 2.03 bits per heavy atom. The fourth-order valence-corrected chi connectivity index (χ4v) is 4.19. The molecule has 1 fully saturated rings. The number of piperidine rings is 1. The number of benzene rings is 1. The van der Waals surface area contributed by atoms with Crippen LogP contribution in [-0.2, 0) is 17.9 Å². The van der Waals surface area contributed by atoms with Crippen LogP contribution in [0.15, 0.2) is 42.6 Å². The van der Waals surface area contributed by atoms with Crippen molar-refractivity contribution in [3.8, 4) is 11.8 Å². The molecule has 1 saturated heterocycles. The zero-order valence-corrected chi connectivity index (χ0v) is 19.2. The predicted molar refractivity (Wildman–Crippen MR) is 130 cm³/mol. The first-order valence-electron chi connectivity index (χ1n) is 11.0. The molecule has 1 amide bonds. The van der Waals surface area contributed by atoms with Gasteiger partial charge >= 0.3 is 5.91 Å². The van der Waals surface area contributed by atoms with Gasteiger partial charge in [-0.1, -0.05) is 17.7 Å². The first-order chi connectivity index (χ1) is 15.5. The number of pyridine rings is 1. The second kappa shape index (κ2) is 10.2. The van der Waals surface area contributed by atoms with E-state index in [2.05, 4.69) is 75.2 Å². The van der Waals surface area contributed by atoms with E-state index in [9.17, 15) is 4.79 Å². The number of aryl methyl sites for hydroxylation is 1. The Morgan fingerprint density at radius 1 is 1.22 bits per heavy atom. The van der Waals surface area contributed by atoms with Crippen molar-refractivity contribution in [2.75, 3.05) is 25.5 Å². The summed E-state index contributed by atoms with van der Waals surface area (Å²) in [6.45, 7) is 6.03. The smallest absolute Gasteiger partial charge is 0.300 e. The zero-order valence-electron chi connectivity index (χ0n) is 18.5. The van der Waals surface area contributed by atoms with Crippen LogP contribution in [0.5, 0.6) is 0 Å². The maximum atomic E-state index is 12.2. The summed E-state index contributed by atoms with van der Waals surface area (Å²) in [5, 5.41) is 7.93. The van der Waals surface area contributed by atoms with E-state index in [-0.39, 0.29) is 5.91 Å². The molecule has 1 aliphatic heterocycles. The van der Waals surface area contributed by atoms with Gasteiger partial charge in [0.15, 0.2) is 0 Å². The number of amides is 1. The maximum absolute atomic E-state index is 12.2. The first kappa shape index (κ1) is 22.3. The molecule has 4 rings (SSSR count). The number of halogens is 1. The Kier molecular flexibility index (Phi) is 7.11. The van der Waals surface area contributed by atoms with Gasteiger partial charge in [-0.05, 0) is 81.7 Å². The molecule has 0 aliphatic carbocycles. The molecule has 0 radical (unpaired) electrons. The van der Waals surface area contributed by atoms with Crippen LogP contribution in [0.4, 0.5) is 5.69 Å². The SMILES string of the molecule is CCn1c(C#CC(=O)Nc2ccc(Cl)nc2)cc2cc(CNC3CCN(C)CC3)ccc21. The maximum Gasteiger partial charge on any atom is 0.300 e. The van der Waals surface area contributed by atoms with Gasteiger partial charge in [-0.2, -0.15) is 0 Å². The van der Waals surface area contributed by atoms with Gasteiger partial charge in [-0.25, -0.2) is 4.98 Å². The van der Waals surface area contributed by atoms with Crippen LogP contribution in [0.2, 0.25) is 5.15 Å². The highest BCUT2D eigenvalue weighted by molar-refractivity contribution is 6.29. The molecule has 166 valence electrons. The highest BCUT2D eigenvalue weighted by Gasteiger charge is 2.16. The van der Waals surface area contributed by atoms with E-state index < -0.39 is 0 Å². The van der Waals surface area contributed by atoms with Crippen LogP contribution < -0.4 is 10.6 Å². The summed E-state index contributed by atoms with van der Waals surface area (Å²) in [6.07, 6.45) is 3.89. The number of nitrogens with zero attached hydrogens (tertiary/aromatic N) is 3. The third kappa shape index (κ3) is 5.49. The third-order valence-corrected chi connectivity index (χ3v) is 6.11. The number of hydrogen-bond acceptors (Lipinski definition) is 4. The van der Waals surface area contributed by atoms with Crippen molar-refractivity contribution < 1.29 is 4.79 Å². The molecule has 6 nitrogen and oxygen atoms in total. The van der Waals surface area contributed by atoms with E-state index in [4.69, 9.17) is 11.6 Å². The number of anilines is 1. The Labute approximate surface area is 194 Å². The molecule has 1 aliphatic rings. The van der Waals surface area contributed by atoms with E-state index >= 15 is 0 Å². The average molecular weight is 450 g/mol. The van der Waals surface area contributed by atoms with Crippen LogP contribution in [0.1, 0.15) is 31.0 Å². The highest BCUT2D eigenvalue weighted by Crippen LogP contribution is 2.22. The Hall–Kier alpha value is -2.85. The van der Waals surface area contributed by atoms with Gasteiger partial charge in [0.05, 0.1) is 17.6 Å². The molecule has 0 atom stereocenters. The Morgan fingerprint density at radius 3 is 2.75 bits per heavy atom. The molecule has 0 saturated carbocycles. The molecule has 3 aromatic rings. The zero-order chi connectivity index (χ0) is 22.5. The summed E-state index contributed by atoms with van der Waals surface area (Å²) in [6, 6.07) is 12.5. The number of hydrogen-bond donors (Lipinski definition) is 2. The van der Waals surface area contributed by atoms with Crippen LogP contribution >= 0.6 is 11.6 Å². The topological polar surface area (TPSA) is 62.2 Å². The van der Waals surface area contributed by atoms with Crippen molar-refractivity contribution in [3.63, 3.8) is 0 Å². The van der Waals surface area contributed by atoms with Crippen molar-refractivity contribution in [1.82, 2.24) is 19.8 Å². The molecule has 2 aromatic heterocycles. The molecule has 0 bridgehead atoms. The van der Waals surface area contributed by atoms with Crippen molar-refractivity contribution >= 4 is 34.1 Å². The second-order valence-electron chi connectivity index (χ2n) is 8.20.